The first kappa shape index (κ1) is 72.2. The van der Waals surface area contributed by atoms with Gasteiger partial charge in [-0.05, 0) is 102 Å². The lowest BCUT2D eigenvalue weighted by Gasteiger charge is -2.27. The van der Waals surface area contributed by atoms with Gasteiger partial charge in [0.05, 0.1) is 33.8 Å². The largest absolute Gasteiger partial charge is 0.472 e. The molecule has 0 aromatic heterocycles. The molecule has 0 spiro atoms. The third kappa shape index (κ3) is 55.7. The fourth-order valence-electron chi connectivity index (χ4n) is 8.55. The lowest BCUT2D eigenvalue weighted by Crippen LogP contribution is -2.47. The first-order valence-electron chi connectivity index (χ1n) is 30.9. The second-order valence-corrected chi connectivity index (χ2v) is 23.3. The molecule has 3 unspecified atom stereocenters. The highest BCUT2D eigenvalue weighted by atomic mass is 31.2. The van der Waals surface area contributed by atoms with Crippen LogP contribution < -0.4 is 5.32 Å². The average Bonchev–Trinajstić information content (AvgIpc) is 3.37. The summed E-state index contributed by atoms with van der Waals surface area (Å²) in [7, 11) is 1.47. The molecule has 3 atom stereocenters. The van der Waals surface area contributed by atoms with Crippen molar-refractivity contribution >= 4 is 19.7 Å². The summed E-state index contributed by atoms with van der Waals surface area (Å²) < 4.78 is 30.7. The van der Waals surface area contributed by atoms with E-state index in [1.165, 1.54) is 109 Å². The number of nitrogens with one attached hydrogen (secondary N) is 1. The Morgan fingerprint density at radius 1 is 0.480 bits per heavy atom. The van der Waals surface area contributed by atoms with Crippen LogP contribution in [0.15, 0.2) is 85.1 Å². The molecule has 2 N–H and O–H groups in total. The molecule has 0 aromatic rings. The molecule has 9 nitrogen and oxygen atoms in total. The van der Waals surface area contributed by atoms with Crippen LogP contribution in [-0.2, 0) is 27.9 Å². The maximum atomic E-state index is 13.5. The number of rotatable bonds is 55. The van der Waals surface area contributed by atoms with Crippen LogP contribution in [0.2, 0.25) is 0 Å². The molecule has 0 aromatic carbocycles. The SMILES string of the molecule is CC/C=C\C/C=C\C/C=C\C/C=C\C/C=C\CCCCCCCC(=O)NC(COP(=O)(O)OCC[N+](C)(C)C)C(/C=C\CCCCCCCCCCC)OC(=O)CCCCCCCCC/C=C/CCCCCCCC. The highest BCUT2D eigenvalue weighted by Gasteiger charge is 2.30. The van der Waals surface area contributed by atoms with Crippen molar-refractivity contribution in [1.29, 1.82) is 0 Å². The van der Waals surface area contributed by atoms with E-state index < -0.39 is 20.0 Å². The van der Waals surface area contributed by atoms with Gasteiger partial charge in [-0.25, -0.2) is 4.57 Å². The average molecular weight is 1070 g/mol. The summed E-state index contributed by atoms with van der Waals surface area (Å²) in [4.78, 5) is 37.7. The van der Waals surface area contributed by atoms with Gasteiger partial charge in [-0.3, -0.25) is 18.6 Å². The second-order valence-electron chi connectivity index (χ2n) is 21.8. The first-order valence-corrected chi connectivity index (χ1v) is 32.4. The summed E-state index contributed by atoms with van der Waals surface area (Å²) in [5, 5.41) is 3.04. The normalized spacial score (nSPS) is 14.3. The third-order valence-corrected chi connectivity index (χ3v) is 14.3. The van der Waals surface area contributed by atoms with Gasteiger partial charge in [-0.15, -0.1) is 0 Å². The molecule has 1 amide bonds. The Morgan fingerprint density at radius 2 is 0.853 bits per heavy atom. The lowest BCUT2D eigenvalue weighted by molar-refractivity contribution is -0.870. The van der Waals surface area contributed by atoms with E-state index in [1.807, 2.05) is 33.3 Å². The zero-order valence-electron chi connectivity index (χ0n) is 49.5. The van der Waals surface area contributed by atoms with Gasteiger partial charge in [0.2, 0.25) is 5.91 Å². The maximum absolute atomic E-state index is 13.5. The lowest BCUT2D eigenvalue weighted by atomic mass is 10.1. The van der Waals surface area contributed by atoms with E-state index in [1.54, 1.807) is 0 Å². The molecule has 0 fully saturated rings. The highest BCUT2D eigenvalue weighted by Crippen LogP contribution is 2.43. The molecule has 0 aliphatic rings. The molecule has 75 heavy (non-hydrogen) atoms. The van der Waals surface area contributed by atoms with E-state index in [-0.39, 0.29) is 31.5 Å². The number of nitrogens with zero attached hydrogens (tertiary/aromatic N) is 1. The minimum atomic E-state index is -4.46. The van der Waals surface area contributed by atoms with E-state index >= 15 is 0 Å². The number of allylic oxidation sites excluding steroid dienone is 13. The van der Waals surface area contributed by atoms with Crippen molar-refractivity contribution in [2.75, 3.05) is 40.9 Å². The van der Waals surface area contributed by atoms with Crippen molar-refractivity contribution in [2.24, 2.45) is 0 Å². The summed E-state index contributed by atoms with van der Waals surface area (Å²) in [6.07, 6.45) is 71.5. The van der Waals surface area contributed by atoms with E-state index in [2.05, 4.69) is 99.0 Å². The third-order valence-electron chi connectivity index (χ3n) is 13.3. The Kier molecular flexibility index (Phi) is 52.5. The Hall–Kier alpha value is -2.81. The predicted molar refractivity (Wildman–Crippen MR) is 323 cm³/mol. The molecular weight excluding hydrogens is 952 g/mol. The molecule has 0 aliphatic heterocycles. The summed E-state index contributed by atoms with van der Waals surface area (Å²) in [6.45, 7) is 6.87. The zero-order chi connectivity index (χ0) is 55.0. The number of esters is 1. The van der Waals surface area contributed by atoms with Crippen molar-refractivity contribution in [3.8, 4) is 0 Å². The monoisotopic (exact) mass is 1070 g/mol. The van der Waals surface area contributed by atoms with Gasteiger partial charge in [0, 0.05) is 12.8 Å². The number of carbonyl (C=O) groups is 2. The second kappa shape index (κ2) is 54.5. The number of hydrogen-bond donors (Lipinski definition) is 2. The molecular formula is C65H118N2O7P+. The van der Waals surface area contributed by atoms with Crippen molar-refractivity contribution in [3.05, 3.63) is 85.1 Å². The fraction of sp³-hybridized carbons (Fsp3) is 0.754. The topological polar surface area (TPSA) is 111 Å². The summed E-state index contributed by atoms with van der Waals surface area (Å²) >= 11 is 0. The summed E-state index contributed by atoms with van der Waals surface area (Å²) in [5.74, 6) is -0.533. The predicted octanol–water partition coefficient (Wildman–Crippen LogP) is 19.0. The minimum absolute atomic E-state index is 0.0321. The number of likely N-dealkylation sites (N-methyl/N-ethyl adjacent to an activating group) is 1. The summed E-state index contributed by atoms with van der Waals surface area (Å²) in [5.41, 5.74) is 0. The van der Waals surface area contributed by atoms with Crippen molar-refractivity contribution < 1.29 is 37.3 Å². The van der Waals surface area contributed by atoms with E-state index in [9.17, 15) is 19.0 Å². The van der Waals surface area contributed by atoms with Crippen molar-refractivity contribution in [2.45, 2.75) is 277 Å². The standard InChI is InChI=1S/C65H117N2O7P/c1-7-10-13-16-19-22-25-27-29-31-32-33-34-36-37-39-42-45-48-51-54-57-64(68)66-62(61-73-75(70,71)72-60-59-67(4,5)6)63(56-53-50-47-44-41-24-21-18-15-12-9-3)74-65(69)58-55-52-49-46-43-40-38-35-30-28-26-23-20-17-14-11-8-2/h10,13,19,22,27-30,32-33,36-37,53,56,62-63H,7-9,11-12,14-18,20-21,23-26,31,34-35,38-52,54-55,57-61H2,1-6H3,(H-,66,68,70,71)/p+1/b13-10-,22-19-,29-27-,30-28+,33-32-,37-36-,56-53-. The molecule has 0 radical (unpaired) electrons. The minimum Gasteiger partial charge on any atom is -0.456 e. The Labute approximate surface area is 463 Å². The van der Waals surface area contributed by atoms with Gasteiger partial charge in [0.25, 0.3) is 0 Å². The Balaban J connectivity index is 5.27. The quantitative estimate of drug-likeness (QED) is 0.0205. The van der Waals surface area contributed by atoms with E-state index in [0.29, 0.717) is 17.4 Å². The number of amides is 1. The molecule has 0 heterocycles. The number of quaternary nitrogens is 1. The van der Waals surface area contributed by atoms with Crippen LogP contribution >= 0.6 is 7.82 Å². The molecule has 0 bridgehead atoms. The van der Waals surface area contributed by atoms with E-state index in [0.717, 1.165) is 122 Å². The number of unbranched alkanes of at least 4 members (excludes halogenated alkanes) is 27. The van der Waals surface area contributed by atoms with Gasteiger partial charge in [-0.1, -0.05) is 235 Å². The molecule has 0 saturated heterocycles. The summed E-state index contributed by atoms with van der Waals surface area (Å²) in [6, 6.07) is -0.864. The fourth-order valence-corrected chi connectivity index (χ4v) is 9.29. The number of hydrogen-bond acceptors (Lipinski definition) is 6. The molecule has 10 heteroatoms. The first-order chi connectivity index (χ1) is 36.4. The van der Waals surface area contributed by atoms with Gasteiger partial charge < -0.3 is 19.4 Å². The van der Waals surface area contributed by atoms with Gasteiger partial charge in [0.1, 0.15) is 19.3 Å². The van der Waals surface area contributed by atoms with Gasteiger partial charge >= 0.3 is 13.8 Å². The molecule has 0 aliphatic carbocycles. The highest BCUT2D eigenvalue weighted by molar-refractivity contribution is 7.47. The van der Waals surface area contributed by atoms with Crippen LogP contribution in [0.1, 0.15) is 265 Å². The van der Waals surface area contributed by atoms with Crippen LogP contribution in [0.3, 0.4) is 0 Å². The molecule has 0 rings (SSSR count). The van der Waals surface area contributed by atoms with Crippen LogP contribution in [0.5, 0.6) is 0 Å². The zero-order valence-corrected chi connectivity index (χ0v) is 50.4. The maximum Gasteiger partial charge on any atom is 0.472 e. The Bertz CT molecular complexity index is 1560. The number of phosphoric acid groups is 1. The van der Waals surface area contributed by atoms with Crippen molar-refractivity contribution in [1.82, 2.24) is 5.32 Å². The number of phosphoric ester groups is 1. The Morgan fingerprint density at radius 3 is 1.29 bits per heavy atom. The van der Waals surface area contributed by atoms with Crippen LogP contribution in [0.4, 0.5) is 0 Å². The number of ether oxygens (including phenoxy) is 1. The van der Waals surface area contributed by atoms with E-state index in [4.69, 9.17) is 13.8 Å². The smallest absolute Gasteiger partial charge is 0.456 e. The van der Waals surface area contributed by atoms with Crippen LogP contribution in [0, 0.1) is 0 Å². The molecule has 0 saturated carbocycles. The van der Waals surface area contributed by atoms with Crippen LogP contribution in [0.25, 0.3) is 0 Å². The van der Waals surface area contributed by atoms with Crippen molar-refractivity contribution in [3.63, 3.8) is 0 Å². The number of carbonyl (C=O) groups excluding carboxylic acids is 2. The van der Waals surface area contributed by atoms with Gasteiger partial charge in [0.15, 0.2) is 0 Å². The van der Waals surface area contributed by atoms with Gasteiger partial charge in [-0.2, -0.15) is 0 Å². The van der Waals surface area contributed by atoms with Crippen LogP contribution in [-0.4, -0.2) is 74.3 Å². The molecule has 434 valence electrons.